The van der Waals surface area contributed by atoms with E-state index in [0.29, 0.717) is 17.5 Å². The highest BCUT2D eigenvalue weighted by Crippen LogP contribution is 2.41. The minimum atomic E-state index is -5.08. The van der Waals surface area contributed by atoms with Crippen LogP contribution in [0.1, 0.15) is 22.6 Å². The second-order valence-corrected chi connectivity index (χ2v) is 8.35. The molecule has 1 spiro atoms. The highest BCUT2D eigenvalue weighted by atomic mass is 32.1. The number of aromatic nitrogens is 1. The van der Waals surface area contributed by atoms with Gasteiger partial charge in [0, 0.05) is 25.1 Å². The Labute approximate surface area is 174 Å². The summed E-state index contributed by atoms with van der Waals surface area (Å²) in [5.74, 6) is -2.39. The lowest BCUT2D eigenvalue weighted by atomic mass is 9.70. The number of carboxylic acid groups (broad SMARTS) is 1. The SMILES string of the molecule is O=C(NCC1CNCCC12CCOC2)c1nc2ccccc2s1.O=C(O)C(F)(F)F. The van der Waals surface area contributed by atoms with E-state index in [2.05, 4.69) is 15.6 Å². The van der Waals surface area contributed by atoms with Crippen molar-refractivity contribution in [2.75, 3.05) is 32.8 Å². The van der Waals surface area contributed by atoms with Crippen molar-refractivity contribution in [3.8, 4) is 0 Å². The zero-order valence-corrected chi connectivity index (χ0v) is 16.8. The number of hydrogen-bond donors (Lipinski definition) is 3. The average Bonchev–Trinajstić information content (AvgIpc) is 3.34. The van der Waals surface area contributed by atoms with Crippen LogP contribution in [0.3, 0.4) is 0 Å². The fraction of sp³-hybridized carbons (Fsp3) is 0.526. The number of benzene rings is 1. The quantitative estimate of drug-likeness (QED) is 0.672. The normalized spacial score (nSPS) is 23.8. The molecule has 3 heterocycles. The first-order valence-electron chi connectivity index (χ1n) is 9.44. The van der Waals surface area contributed by atoms with Gasteiger partial charge in [-0.3, -0.25) is 4.79 Å². The van der Waals surface area contributed by atoms with Gasteiger partial charge in [-0.05, 0) is 37.4 Å². The second-order valence-electron chi connectivity index (χ2n) is 7.32. The molecular weight excluding hydrogens is 423 g/mol. The fourth-order valence-corrected chi connectivity index (χ4v) is 4.61. The first-order valence-corrected chi connectivity index (χ1v) is 10.3. The van der Waals surface area contributed by atoms with Crippen molar-refractivity contribution in [2.24, 2.45) is 11.3 Å². The fourth-order valence-electron chi connectivity index (χ4n) is 3.73. The van der Waals surface area contributed by atoms with Crippen molar-refractivity contribution < 1.29 is 32.6 Å². The van der Waals surface area contributed by atoms with E-state index in [1.165, 1.54) is 11.3 Å². The molecule has 0 bridgehead atoms. The molecule has 0 radical (unpaired) electrons. The molecule has 0 aliphatic carbocycles. The molecule has 1 amide bonds. The molecule has 7 nitrogen and oxygen atoms in total. The van der Waals surface area contributed by atoms with Gasteiger partial charge in [-0.15, -0.1) is 11.3 Å². The monoisotopic (exact) mass is 445 g/mol. The van der Waals surface area contributed by atoms with Gasteiger partial charge in [0.15, 0.2) is 5.01 Å². The summed E-state index contributed by atoms with van der Waals surface area (Å²) in [6, 6.07) is 7.86. The van der Waals surface area contributed by atoms with E-state index in [0.717, 1.165) is 49.4 Å². The number of aliphatic carboxylic acids is 1. The predicted molar refractivity (Wildman–Crippen MR) is 104 cm³/mol. The Morgan fingerprint density at radius 2 is 2.07 bits per heavy atom. The Morgan fingerprint density at radius 3 is 2.70 bits per heavy atom. The summed E-state index contributed by atoms with van der Waals surface area (Å²) in [6.45, 7) is 4.36. The number of amides is 1. The average molecular weight is 445 g/mol. The molecule has 1 aromatic heterocycles. The molecule has 2 atom stereocenters. The summed E-state index contributed by atoms with van der Waals surface area (Å²) in [4.78, 5) is 25.8. The van der Waals surface area contributed by atoms with Gasteiger partial charge in [0.2, 0.25) is 0 Å². The first-order chi connectivity index (χ1) is 14.2. The van der Waals surface area contributed by atoms with E-state index in [-0.39, 0.29) is 11.3 Å². The zero-order valence-electron chi connectivity index (χ0n) is 16.0. The molecule has 11 heteroatoms. The number of ether oxygens (including phenoxy) is 1. The molecule has 2 saturated heterocycles. The number of rotatable bonds is 3. The van der Waals surface area contributed by atoms with E-state index in [9.17, 15) is 18.0 Å². The summed E-state index contributed by atoms with van der Waals surface area (Å²) in [5.41, 5.74) is 1.13. The summed E-state index contributed by atoms with van der Waals surface area (Å²) in [6.07, 6.45) is -2.84. The minimum absolute atomic E-state index is 0.0640. The van der Waals surface area contributed by atoms with Crippen molar-refractivity contribution in [2.45, 2.75) is 19.0 Å². The molecule has 2 aliphatic heterocycles. The van der Waals surface area contributed by atoms with Crippen LogP contribution in [0.15, 0.2) is 24.3 Å². The van der Waals surface area contributed by atoms with Gasteiger partial charge in [-0.25, -0.2) is 9.78 Å². The number of thiazole rings is 1. The number of carboxylic acids is 1. The third-order valence-corrected chi connectivity index (χ3v) is 6.47. The third kappa shape index (κ3) is 5.27. The van der Waals surface area contributed by atoms with Crippen LogP contribution in [0.4, 0.5) is 13.2 Å². The Kier molecular flexibility index (Phi) is 6.94. The van der Waals surface area contributed by atoms with Gasteiger partial charge in [0.1, 0.15) is 0 Å². The summed E-state index contributed by atoms with van der Waals surface area (Å²) < 4.78 is 38.4. The molecule has 2 fully saturated rings. The molecule has 4 rings (SSSR count). The van der Waals surface area contributed by atoms with Crippen molar-refractivity contribution in [3.05, 3.63) is 29.3 Å². The molecule has 164 valence electrons. The maximum Gasteiger partial charge on any atom is 0.490 e. The van der Waals surface area contributed by atoms with E-state index in [1.54, 1.807) is 0 Å². The van der Waals surface area contributed by atoms with Gasteiger partial charge >= 0.3 is 12.1 Å². The number of carbonyl (C=O) groups excluding carboxylic acids is 1. The van der Waals surface area contributed by atoms with Gasteiger partial charge in [0.25, 0.3) is 5.91 Å². The third-order valence-electron chi connectivity index (χ3n) is 5.43. The summed E-state index contributed by atoms with van der Waals surface area (Å²) >= 11 is 1.45. The van der Waals surface area contributed by atoms with Gasteiger partial charge in [0.05, 0.1) is 16.8 Å². The minimum Gasteiger partial charge on any atom is -0.475 e. The van der Waals surface area contributed by atoms with Crippen LogP contribution >= 0.6 is 11.3 Å². The van der Waals surface area contributed by atoms with E-state index in [1.807, 2.05) is 24.3 Å². The topological polar surface area (TPSA) is 101 Å². The predicted octanol–water partition coefficient (Wildman–Crippen LogP) is 2.68. The Bertz CT molecular complexity index is 864. The zero-order chi connectivity index (χ0) is 21.8. The molecule has 0 saturated carbocycles. The maximum absolute atomic E-state index is 12.4. The number of hydrogen-bond acceptors (Lipinski definition) is 6. The highest BCUT2D eigenvalue weighted by Gasteiger charge is 2.43. The Morgan fingerprint density at radius 1 is 1.33 bits per heavy atom. The molecular formula is C19H22F3N3O4S. The number of nitrogens with one attached hydrogen (secondary N) is 2. The standard InChI is InChI=1S/C17H21N3O2S.C2HF3O2/c21-15(16-20-13-3-1-2-4-14(13)23-16)19-10-12-9-18-7-5-17(12)6-8-22-11-17;3-2(4,5)1(6)7/h1-4,12,18H,5-11H2,(H,19,21);(H,6,7). The van der Waals surface area contributed by atoms with Gasteiger partial charge in [-0.1, -0.05) is 12.1 Å². The van der Waals surface area contributed by atoms with Gasteiger partial charge in [-0.2, -0.15) is 13.2 Å². The molecule has 2 aromatic rings. The molecule has 30 heavy (non-hydrogen) atoms. The van der Waals surface area contributed by atoms with E-state index >= 15 is 0 Å². The lowest BCUT2D eigenvalue weighted by Crippen LogP contribution is -2.50. The molecule has 1 aromatic carbocycles. The molecule has 3 N–H and O–H groups in total. The van der Waals surface area contributed by atoms with Crippen LogP contribution in [-0.4, -0.2) is 61.0 Å². The van der Waals surface area contributed by atoms with Crippen LogP contribution in [0.5, 0.6) is 0 Å². The van der Waals surface area contributed by atoms with Crippen LogP contribution in [0.2, 0.25) is 0 Å². The van der Waals surface area contributed by atoms with Crippen LogP contribution < -0.4 is 10.6 Å². The number of piperidine rings is 1. The largest absolute Gasteiger partial charge is 0.490 e. The molecule has 2 aliphatic rings. The second kappa shape index (κ2) is 9.27. The van der Waals surface area contributed by atoms with Crippen molar-refractivity contribution in [1.29, 1.82) is 0 Å². The number of nitrogens with zero attached hydrogens (tertiary/aromatic N) is 1. The highest BCUT2D eigenvalue weighted by molar-refractivity contribution is 7.20. The van der Waals surface area contributed by atoms with Crippen molar-refractivity contribution >= 4 is 33.4 Å². The van der Waals surface area contributed by atoms with Crippen molar-refractivity contribution in [1.82, 2.24) is 15.6 Å². The number of halogens is 3. The number of carbonyl (C=O) groups is 2. The summed E-state index contributed by atoms with van der Waals surface area (Å²) in [5, 5.41) is 14.2. The van der Waals surface area contributed by atoms with E-state index in [4.69, 9.17) is 14.6 Å². The lowest BCUT2D eigenvalue weighted by Gasteiger charge is -2.40. The van der Waals surface area contributed by atoms with E-state index < -0.39 is 12.1 Å². The maximum atomic E-state index is 12.4. The van der Waals surface area contributed by atoms with Crippen LogP contribution in [0.25, 0.3) is 10.2 Å². The number of alkyl halides is 3. The lowest BCUT2D eigenvalue weighted by molar-refractivity contribution is -0.192. The summed E-state index contributed by atoms with van der Waals surface area (Å²) in [7, 11) is 0. The number of para-hydroxylation sites is 1. The molecule has 2 unspecified atom stereocenters. The van der Waals surface area contributed by atoms with Gasteiger partial charge < -0.3 is 20.5 Å². The number of fused-ring (bicyclic) bond motifs is 1. The van der Waals surface area contributed by atoms with Crippen LogP contribution in [0, 0.1) is 11.3 Å². The Balaban J connectivity index is 0.000000318. The smallest absolute Gasteiger partial charge is 0.475 e. The Hall–Kier alpha value is -2.24. The van der Waals surface area contributed by atoms with Crippen LogP contribution in [-0.2, 0) is 9.53 Å². The first kappa shape index (κ1) is 22.4. The van der Waals surface area contributed by atoms with Crippen molar-refractivity contribution in [3.63, 3.8) is 0 Å².